The quantitative estimate of drug-likeness (QED) is 0.650. The Hall–Kier alpha value is -2.79. The molecule has 0 atom stereocenters. The van der Waals surface area contributed by atoms with Crippen molar-refractivity contribution in [1.29, 1.82) is 0 Å². The molecule has 0 bridgehead atoms. The number of rotatable bonds is 7. The monoisotopic (exact) mass is 353 g/mol. The third kappa shape index (κ3) is 4.84. The minimum Gasteiger partial charge on any atom is -0.385 e. The van der Waals surface area contributed by atoms with E-state index in [0.29, 0.717) is 0 Å². The fourth-order valence-corrected chi connectivity index (χ4v) is 3.36. The van der Waals surface area contributed by atoms with E-state index in [2.05, 4.69) is 17.4 Å². The highest BCUT2D eigenvalue weighted by Gasteiger charge is 2.15. The first-order valence-corrected chi connectivity index (χ1v) is 9.42. The van der Waals surface area contributed by atoms with Crippen molar-refractivity contribution in [2.75, 3.05) is 11.9 Å². The lowest BCUT2D eigenvalue weighted by atomic mass is 10.1. The fourth-order valence-electron chi connectivity index (χ4n) is 2.42. The van der Waals surface area contributed by atoms with Gasteiger partial charge in [-0.2, -0.15) is 8.42 Å². The Morgan fingerprint density at radius 3 is 2.20 bits per heavy atom. The molecular formula is C20H19NO3S. The van der Waals surface area contributed by atoms with Crippen LogP contribution in [0.15, 0.2) is 89.8 Å². The van der Waals surface area contributed by atoms with Gasteiger partial charge >= 0.3 is 10.1 Å². The van der Waals surface area contributed by atoms with Gasteiger partial charge in [-0.1, -0.05) is 54.6 Å². The van der Waals surface area contributed by atoms with E-state index in [9.17, 15) is 8.42 Å². The second-order valence-electron chi connectivity index (χ2n) is 5.54. The molecule has 0 aliphatic rings. The van der Waals surface area contributed by atoms with Gasteiger partial charge in [-0.05, 0) is 36.2 Å². The predicted molar refractivity (Wildman–Crippen MR) is 99.3 cm³/mol. The Bertz CT molecular complexity index is 910. The lowest BCUT2D eigenvalue weighted by Gasteiger charge is -2.10. The predicted octanol–water partition coefficient (Wildman–Crippen LogP) is 4.11. The summed E-state index contributed by atoms with van der Waals surface area (Å²) in [6, 6.07) is 25.2. The lowest BCUT2D eigenvalue weighted by Crippen LogP contribution is -2.10. The van der Waals surface area contributed by atoms with Crippen molar-refractivity contribution >= 4 is 15.8 Å². The molecule has 0 aliphatic heterocycles. The summed E-state index contributed by atoms with van der Waals surface area (Å²) in [5.74, 6) is 0.286. The summed E-state index contributed by atoms with van der Waals surface area (Å²) in [5.41, 5.74) is 2.06. The molecule has 4 nitrogen and oxygen atoms in total. The summed E-state index contributed by atoms with van der Waals surface area (Å²) in [7, 11) is -3.82. The van der Waals surface area contributed by atoms with Crippen LogP contribution in [0.3, 0.4) is 0 Å². The highest BCUT2D eigenvalue weighted by molar-refractivity contribution is 7.87. The largest absolute Gasteiger partial charge is 0.385 e. The van der Waals surface area contributed by atoms with E-state index in [1.807, 2.05) is 24.3 Å². The molecule has 0 amide bonds. The maximum absolute atomic E-state index is 12.3. The van der Waals surface area contributed by atoms with E-state index >= 15 is 0 Å². The topological polar surface area (TPSA) is 55.4 Å². The lowest BCUT2D eigenvalue weighted by molar-refractivity contribution is 0.486. The normalized spacial score (nSPS) is 11.0. The van der Waals surface area contributed by atoms with Gasteiger partial charge in [-0.3, -0.25) is 0 Å². The highest BCUT2D eigenvalue weighted by atomic mass is 32.2. The van der Waals surface area contributed by atoms with E-state index in [4.69, 9.17) is 4.18 Å². The molecule has 0 fully saturated rings. The third-order valence-corrected chi connectivity index (χ3v) is 4.92. The minimum absolute atomic E-state index is 0.137. The van der Waals surface area contributed by atoms with Crippen molar-refractivity contribution in [3.05, 3.63) is 90.5 Å². The summed E-state index contributed by atoms with van der Waals surface area (Å²) in [6.45, 7) is 0.749. The number of benzene rings is 3. The number of hydrogen-bond donors (Lipinski definition) is 1. The number of hydrogen-bond acceptors (Lipinski definition) is 4. The van der Waals surface area contributed by atoms with Crippen LogP contribution in [0, 0.1) is 0 Å². The smallest absolute Gasteiger partial charge is 0.339 e. The van der Waals surface area contributed by atoms with Gasteiger partial charge in [-0.25, -0.2) is 0 Å². The van der Waals surface area contributed by atoms with Crippen LogP contribution < -0.4 is 9.50 Å². The average Bonchev–Trinajstić information content (AvgIpc) is 2.63. The summed E-state index contributed by atoms with van der Waals surface area (Å²) in [5, 5.41) is 3.28. The fraction of sp³-hybridized carbons (Fsp3) is 0.100. The van der Waals surface area contributed by atoms with Crippen LogP contribution >= 0.6 is 0 Å². The molecule has 128 valence electrons. The van der Waals surface area contributed by atoms with Crippen molar-refractivity contribution in [1.82, 2.24) is 0 Å². The molecule has 3 aromatic carbocycles. The second kappa shape index (κ2) is 7.85. The van der Waals surface area contributed by atoms with Crippen LogP contribution in [0.25, 0.3) is 0 Å². The molecule has 1 N–H and O–H groups in total. The van der Waals surface area contributed by atoms with Crippen LogP contribution in [-0.4, -0.2) is 15.0 Å². The van der Waals surface area contributed by atoms with Crippen molar-refractivity contribution in [3.8, 4) is 5.75 Å². The molecule has 25 heavy (non-hydrogen) atoms. The standard InChI is InChI=1S/C20H19NO3S/c22-25(23,20-12-5-2-6-13-20)24-19-11-7-10-18(16-19)21-15-14-17-8-3-1-4-9-17/h1-13,16,21H,14-15H2. The Balaban J connectivity index is 1.63. The van der Waals surface area contributed by atoms with Crippen molar-refractivity contribution in [2.45, 2.75) is 11.3 Å². The first-order chi connectivity index (χ1) is 12.1. The van der Waals surface area contributed by atoms with Crippen LogP contribution in [0.5, 0.6) is 5.75 Å². The minimum atomic E-state index is -3.82. The first-order valence-electron chi connectivity index (χ1n) is 8.01. The van der Waals surface area contributed by atoms with Gasteiger partial charge in [-0.15, -0.1) is 0 Å². The summed E-state index contributed by atoms with van der Waals surface area (Å²) in [4.78, 5) is 0.137. The van der Waals surface area contributed by atoms with Crippen LogP contribution in [-0.2, 0) is 16.5 Å². The van der Waals surface area contributed by atoms with Gasteiger partial charge < -0.3 is 9.50 Å². The van der Waals surface area contributed by atoms with Gasteiger partial charge in [0.15, 0.2) is 0 Å². The average molecular weight is 353 g/mol. The van der Waals surface area contributed by atoms with Crippen LogP contribution in [0.4, 0.5) is 5.69 Å². The Morgan fingerprint density at radius 2 is 1.48 bits per heavy atom. The Kier molecular flexibility index (Phi) is 5.36. The molecule has 3 rings (SSSR count). The van der Waals surface area contributed by atoms with E-state index in [1.165, 1.54) is 17.7 Å². The Labute approximate surface area is 148 Å². The zero-order valence-corrected chi connectivity index (χ0v) is 14.4. The third-order valence-electron chi connectivity index (χ3n) is 3.66. The molecule has 0 aromatic heterocycles. The van der Waals surface area contributed by atoms with Crippen molar-refractivity contribution in [2.24, 2.45) is 0 Å². The second-order valence-corrected chi connectivity index (χ2v) is 7.09. The molecule has 0 spiro atoms. The molecule has 0 radical (unpaired) electrons. The van der Waals surface area contributed by atoms with E-state index in [-0.39, 0.29) is 10.6 Å². The molecule has 3 aromatic rings. The maximum Gasteiger partial charge on any atom is 0.339 e. The van der Waals surface area contributed by atoms with Gasteiger partial charge in [0, 0.05) is 18.3 Å². The summed E-state index contributed by atoms with van der Waals surface area (Å²) in [6.07, 6.45) is 0.883. The van der Waals surface area contributed by atoms with Gasteiger partial charge in [0.05, 0.1) is 0 Å². The van der Waals surface area contributed by atoms with Gasteiger partial charge in [0.1, 0.15) is 10.6 Å². The zero-order chi connectivity index (χ0) is 17.5. The van der Waals surface area contributed by atoms with E-state index in [0.717, 1.165) is 18.7 Å². The molecule has 5 heteroatoms. The first kappa shape index (κ1) is 17.0. The van der Waals surface area contributed by atoms with Crippen LogP contribution in [0.1, 0.15) is 5.56 Å². The zero-order valence-electron chi connectivity index (χ0n) is 13.6. The van der Waals surface area contributed by atoms with Gasteiger partial charge in [0.25, 0.3) is 0 Å². The SMILES string of the molecule is O=S(=O)(Oc1cccc(NCCc2ccccc2)c1)c1ccccc1. The molecule has 0 saturated heterocycles. The molecule has 0 saturated carbocycles. The Morgan fingerprint density at radius 1 is 0.800 bits per heavy atom. The number of anilines is 1. The van der Waals surface area contributed by atoms with Crippen molar-refractivity contribution in [3.63, 3.8) is 0 Å². The van der Waals surface area contributed by atoms with Gasteiger partial charge in [0.2, 0.25) is 0 Å². The highest BCUT2D eigenvalue weighted by Crippen LogP contribution is 2.22. The van der Waals surface area contributed by atoms with E-state index in [1.54, 1.807) is 36.4 Å². The summed E-state index contributed by atoms with van der Waals surface area (Å²) < 4.78 is 29.8. The molecule has 0 aliphatic carbocycles. The van der Waals surface area contributed by atoms with Crippen LogP contribution in [0.2, 0.25) is 0 Å². The molecule has 0 unspecified atom stereocenters. The van der Waals surface area contributed by atoms with Crippen molar-refractivity contribution < 1.29 is 12.6 Å². The maximum atomic E-state index is 12.3. The molecular weight excluding hydrogens is 334 g/mol. The summed E-state index contributed by atoms with van der Waals surface area (Å²) >= 11 is 0. The van der Waals surface area contributed by atoms with E-state index < -0.39 is 10.1 Å². The molecule has 0 heterocycles. The number of nitrogens with one attached hydrogen (secondary N) is 1.